The molecule has 0 aliphatic heterocycles. The molecule has 74 valence electrons. The normalized spacial score (nSPS) is 9.58. The fraction of sp³-hybridized carbons (Fsp3) is 0.833. The maximum absolute atomic E-state index is 9.79. The maximum Gasteiger partial charge on any atom is 0.293 e. The van der Waals surface area contributed by atoms with Gasteiger partial charge >= 0.3 is 0 Å². The minimum absolute atomic E-state index is 0.132. The third-order valence-electron chi connectivity index (χ3n) is 0.697. The van der Waals surface area contributed by atoms with Gasteiger partial charge in [0, 0.05) is 0 Å². The predicted molar refractivity (Wildman–Crippen MR) is 44.4 cm³/mol. The van der Waals surface area contributed by atoms with Gasteiger partial charge in [-0.3, -0.25) is 9.35 Å². The van der Waals surface area contributed by atoms with Gasteiger partial charge in [0.1, 0.15) is 0 Å². The Morgan fingerprint density at radius 3 is 1.92 bits per heavy atom. The highest BCUT2D eigenvalue weighted by atomic mass is 32.2. The molecular weight excluding hydrogens is 184 g/mol. The van der Waals surface area contributed by atoms with E-state index < -0.39 is 10.1 Å². The Kier molecular flexibility index (Phi) is 9.84. The number of ether oxygens (including phenoxy) is 1. The fourth-order valence-corrected chi connectivity index (χ4v) is 0.842. The Morgan fingerprint density at radius 2 is 1.92 bits per heavy atom. The van der Waals surface area contributed by atoms with Crippen LogP contribution in [0.4, 0.5) is 0 Å². The molecular formula is C6H14O5S. The Morgan fingerprint density at radius 1 is 1.42 bits per heavy atom. The van der Waals surface area contributed by atoms with E-state index in [4.69, 9.17) is 4.55 Å². The Bertz CT molecular complexity index is 184. The number of hydrogen-bond donors (Lipinski definition) is 1. The smallest absolute Gasteiger partial charge is 0.293 e. The van der Waals surface area contributed by atoms with Crippen LogP contribution in [-0.4, -0.2) is 31.8 Å². The average Bonchev–Trinajstić information content (AvgIpc) is 1.87. The van der Waals surface area contributed by atoms with E-state index in [1.165, 1.54) is 0 Å². The molecule has 0 bridgehead atoms. The summed E-state index contributed by atoms with van der Waals surface area (Å²) in [5, 5.41) is 0. The summed E-state index contributed by atoms with van der Waals surface area (Å²) in [6.07, 6.45) is 0.471. The maximum atomic E-state index is 9.79. The lowest BCUT2D eigenvalue weighted by molar-refractivity contribution is -0.128. The van der Waals surface area contributed by atoms with Gasteiger partial charge in [-0.1, -0.05) is 6.92 Å². The molecule has 0 aromatic carbocycles. The highest BCUT2D eigenvalue weighted by Gasteiger charge is 1.98. The monoisotopic (exact) mass is 198 g/mol. The van der Waals surface area contributed by atoms with Gasteiger partial charge in [0.2, 0.25) is 0 Å². The third kappa shape index (κ3) is 22.8. The number of rotatable bonds is 4. The van der Waals surface area contributed by atoms with Gasteiger partial charge in [0.15, 0.2) is 0 Å². The quantitative estimate of drug-likeness (QED) is 0.524. The van der Waals surface area contributed by atoms with Gasteiger partial charge < -0.3 is 4.74 Å². The van der Waals surface area contributed by atoms with E-state index in [-0.39, 0.29) is 5.75 Å². The zero-order valence-electron chi connectivity index (χ0n) is 7.19. The molecule has 0 saturated carbocycles. The molecule has 0 fully saturated rings. The van der Waals surface area contributed by atoms with Crippen LogP contribution in [0, 0.1) is 0 Å². The molecule has 0 aromatic heterocycles. The molecule has 1 N–H and O–H groups in total. The summed E-state index contributed by atoms with van der Waals surface area (Å²) in [7, 11) is -3.67. The van der Waals surface area contributed by atoms with Crippen molar-refractivity contribution in [3.63, 3.8) is 0 Å². The van der Waals surface area contributed by atoms with Crippen molar-refractivity contribution in [2.45, 2.75) is 20.3 Å². The lowest BCUT2D eigenvalue weighted by Crippen LogP contribution is -2.01. The molecule has 0 amide bonds. The number of carbonyl (C=O) groups excluding carboxylic acids is 1. The molecule has 0 aliphatic rings. The highest BCUT2D eigenvalue weighted by molar-refractivity contribution is 7.85. The first kappa shape index (κ1) is 13.9. The molecule has 0 rings (SSSR count). The SMILES string of the molecule is CCCS(=O)(=O)O.CCOC=O. The van der Waals surface area contributed by atoms with Gasteiger partial charge in [0.25, 0.3) is 16.6 Å². The Labute approximate surface area is 72.5 Å². The van der Waals surface area contributed by atoms with E-state index in [9.17, 15) is 13.2 Å². The van der Waals surface area contributed by atoms with E-state index in [2.05, 4.69) is 4.74 Å². The predicted octanol–water partition coefficient (Wildman–Crippen LogP) is 0.463. The summed E-state index contributed by atoms with van der Waals surface area (Å²) >= 11 is 0. The van der Waals surface area contributed by atoms with E-state index in [1.807, 2.05) is 0 Å². The van der Waals surface area contributed by atoms with Crippen molar-refractivity contribution in [1.29, 1.82) is 0 Å². The molecule has 5 nitrogen and oxygen atoms in total. The minimum Gasteiger partial charge on any atom is -0.468 e. The van der Waals surface area contributed by atoms with E-state index in [1.54, 1.807) is 13.8 Å². The molecule has 0 aliphatic carbocycles. The van der Waals surface area contributed by atoms with Crippen LogP contribution in [0.25, 0.3) is 0 Å². The van der Waals surface area contributed by atoms with Crippen molar-refractivity contribution in [1.82, 2.24) is 0 Å². The molecule has 0 aromatic rings. The average molecular weight is 198 g/mol. The largest absolute Gasteiger partial charge is 0.468 e. The van der Waals surface area contributed by atoms with Crippen molar-refractivity contribution in [3.05, 3.63) is 0 Å². The molecule has 0 unspecified atom stereocenters. The van der Waals surface area contributed by atoms with Crippen molar-refractivity contribution < 1.29 is 22.5 Å². The lowest BCUT2D eigenvalue weighted by Gasteiger charge is -1.85. The molecule has 0 saturated heterocycles. The Hall–Kier alpha value is -0.620. The van der Waals surface area contributed by atoms with E-state index in [0.29, 0.717) is 19.5 Å². The fourth-order valence-electron chi connectivity index (χ4n) is 0.326. The first-order chi connectivity index (χ1) is 5.47. The second kappa shape index (κ2) is 8.48. The summed E-state index contributed by atoms with van der Waals surface area (Å²) in [5.74, 6) is -0.132. The molecule has 0 heterocycles. The molecule has 0 atom stereocenters. The van der Waals surface area contributed by atoms with Crippen LogP contribution in [0.3, 0.4) is 0 Å². The minimum atomic E-state index is -3.67. The zero-order valence-corrected chi connectivity index (χ0v) is 8.00. The van der Waals surface area contributed by atoms with Crippen molar-refractivity contribution in [2.75, 3.05) is 12.4 Å². The van der Waals surface area contributed by atoms with Gasteiger partial charge in [-0.2, -0.15) is 8.42 Å². The molecule has 0 spiro atoms. The van der Waals surface area contributed by atoms with Gasteiger partial charge in [-0.25, -0.2) is 0 Å². The lowest BCUT2D eigenvalue weighted by atomic mass is 10.6. The van der Waals surface area contributed by atoms with Crippen LogP contribution in [0.15, 0.2) is 0 Å². The van der Waals surface area contributed by atoms with Crippen molar-refractivity contribution >= 4 is 16.6 Å². The molecule has 12 heavy (non-hydrogen) atoms. The second-order valence-electron chi connectivity index (χ2n) is 1.84. The van der Waals surface area contributed by atoms with Gasteiger partial charge in [-0.05, 0) is 13.3 Å². The summed E-state index contributed by atoms with van der Waals surface area (Å²) in [4.78, 5) is 9.18. The second-order valence-corrected chi connectivity index (χ2v) is 3.41. The first-order valence-electron chi connectivity index (χ1n) is 3.48. The first-order valence-corrected chi connectivity index (χ1v) is 5.09. The highest BCUT2D eigenvalue weighted by Crippen LogP contribution is 1.83. The van der Waals surface area contributed by atoms with Gasteiger partial charge in [0.05, 0.1) is 12.4 Å². The summed E-state index contributed by atoms with van der Waals surface area (Å²) in [6, 6.07) is 0. The van der Waals surface area contributed by atoms with Gasteiger partial charge in [-0.15, -0.1) is 0 Å². The van der Waals surface area contributed by atoms with Crippen LogP contribution in [-0.2, 0) is 19.6 Å². The Balaban J connectivity index is 0. The number of hydrogen-bond acceptors (Lipinski definition) is 4. The summed E-state index contributed by atoms with van der Waals surface area (Å²) < 4.78 is 31.7. The van der Waals surface area contributed by atoms with E-state index in [0.717, 1.165) is 0 Å². The summed E-state index contributed by atoms with van der Waals surface area (Å²) in [5.41, 5.74) is 0. The standard InChI is InChI=1S/C3H8O3S.C3H6O2/c1-2-3-7(4,5)6;1-2-5-3-4/h2-3H2,1H3,(H,4,5,6);3H,2H2,1H3. The van der Waals surface area contributed by atoms with Crippen molar-refractivity contribution in [3.8, 4) is 0 Å². The van der Waals surface area contributed by atoms with Crippen molar-refractivity contribution in [2.24, 2.45) is 0 Å². The van der Waals surface area contributed by atoms with E-state index >= 15 is 0 Å². The van der Waals surface area contributed by atoms with Crippen LogP contribution in [0.5, 0.6) is 0 Å². The number of carbonyl (C=O) groups is 1. The third-order valence-corrected chi connectivity index (χ3v) is 1.62. The van der Waals surface area contributed by atoms with Crippen LogP contribution in [0.2, 0.25) is 0 Å². The zero-order chi connectivity index (χ0) is 10.0. The summed E-state index contributed by atoms with van der Waals surface area (Å²) in [6.45, 7) is 4.35. The molecule has 6 heteroatoms. The van der Waals surface area contributed by atoms with Crippen LogP contribution in [0.1, 0.15) is 20.3 Å². The van der Waals surface area contributed by atoms with Crippen LogP contribution >= 0.6 is 0 Å². The molecule has 0 radical (unpaired) electrons. The topological polar surface area (TPSA) is 80.7 Å². The van der Waals surface area contributed by atoms with Crippen LogP contribution < -0.4 is 0 Å².